The summed E-state index contributed by atoms with van der Waals surface area (Å²) in [6.07, 6.45) is 15.0. The van der Waals surface area contributed by atoms with Crippen LogP contribution in [0.3, 0.4) is 0 Å². The van der Waals surface area contributed by atoms with E-state index >= 15 is 0 Å². The predicted octanol–water partition coefficient (Wildman–Crippen LogP) is -0.372. The van der Waals surface area contributed by atoms with E-state index in [0.717, 1.165) is 6.42 Å². The molecular formula is C22H17Cl2NTi. The Morgan fingerprint density at radius 2 is 1.58 bits per heavy atom. The zero-order chi connectivity index (χ0) is 15.9. The van der Waals surface area contributed by atoms with E-state index in [0.29, 0.717) is 4.22 Å². The number of fused-ring (bicyclic) bond motifs is 2. The largest absolute Gasteiger partial charge is 1.00 e. The molecule has 0 spiro atoms. The number of nitrogens with zero attached hydrogens (tertiary/aromatic N) is 1. The Bertz CT molecular complexity index is 996. The smallest absolute Gasteiger partial charge is 1.00 e. The third-order valence-corrected chi connectivity index (χ3v) is 7.41. The van der Waals surface area contributed by atoms with Gasteiger partial charge in [-0.25, -0.2) is 0 Å². The minimum absolute atomic E-state index is 0. The molecule has 1 aromatic heterocycles. The number of benzene rings is 2. The zero-order valence-corrected chi connectivity index (χ0v) is 17.1. The summed E-state index contributed by atoms with van der Waals surface area (Å²) >= 11 is -0.216. The van der Waals surface area contributed by atoms with Crippen LogP contribution in [0.25, 0.3) is 22.5 Å². The summed E-state index contributed by atoms with van der Waals surface area (Å²) in [5, 5.41) is 2.63. The molecule has 0 amide bonds. The van der Waals surface area contributed by atoms with E-state index in [4.69, 9.17) is 0 Å². The van der Waals surface area contributed by atoms with Gasteiger partial charge in [0.25, 0.3) is 0 Å². The molecule has 0 bridgehead atoms. The second-order valence-electron chi connectivity index (χ2n) is 6.39. The molecule has 0 fully saturated rings. The van der Waals surface area contributed by atoms with Crippen LogP contribution >= 0.6 is 0 Å². The molecule has 1 heterocycles. The van der Waals surface area contributed by atoms with Gasteiger partial charge < -0.3 is 24.8 Å². The Hall–Kier alpha value is -1.51. The molecule has 1 nitrogen and oxygen atoms in total. The van der Waals surface area contributed by atoms with E-state index in [2.05, 4.69) is 89.8 Å². The molecule has 128 valence electrons. The van der Waals surface area contributed by atoms with Crippen LogP contribution in [0.4, 0.5) is 0 Å². The summed E-state index contributed by atoms with van der Waals surface area (Å²) in [6.45, 7) is 0. The summed E-state index contributed by atoms with van der Waals surface area (Å²) < 4.78 is 4.58. The van der Waals surface area contributed by atoms with E-state index in [1.807, 2.05) is 0 Å². The standard InChI is InChI=1S/C17H12N.C5H5.2ClH.Ti/c1-2-6-14-10-17(9-13(14)5-1)18-11-15-7-3-4-8-16(15)12-18;1-2-4-5-3-1;;;/h1-12H;1-3H,4H2;2*1H;/q;;;;+2/p-2. The van der Waals surface area contributed by atoms with E-state index in [9.17, 15) is 0 Å². The molecular weight excluding hydrogens is 397 g/mol. The van der Waals surface area contributed by atoms with E-state index in [1.54, 1.807) is 3.88 Å². The van der Waals surface area contributed by atoms with Crippen LogP contribution in [0.1, 0.15) is 21.8 Å². The number of aromatic nitrogens is 1. The minimum atomic E-state index is -0.216. The van der Waals surface area contributed by atoms with Crippen LogP contribution in [0.2, 0.25) is 0 Å². The van der Waals surface area contributed by atoms with Crippen molar-refractivity contribution in [1.29, 1.82) is 0 Å². The van der Waals surface area contributed by atoms with Crippen molar-refractivity contribution in [3.8, 4) is 0 Å². The maximum atomic E-state index is 2.39. The number of rotatable bonds is 3. The van der Waals surface area contributed by atoms with Gasteiger partial charge >= 0.3 is 151 Å². The topological polar surface area (TPSA) is 4.93 Å². The average Bonchev–Trinajstić information content (AvgIpc) is 3.33. The first-order chi connectivity index (χ1) is 11.9. The maximum Gasteiger partial charge on any atom is -1.00 e. The first-order valence-electron chi connectivity index (χ1n) is 8.38. The Kier molecular flexibility index (Phi) is 5.94. The molecule has 0 radical (unpaired) electrons. The molecule has 2 aliphatic rings. The summed E-state index contributed by atoms with van der Waals surface area (Å²) in [5.41, 5.74) is 4.35. The van der Waals surface area contributed by atoms with Crippen molar-refractivity contribution in [2.45, 2.75) is 10.6 Å². The monoisotopic (exact) mass is 413 g/mol. The fourth-order valence-electron chi connectivity index (χ4n) is 3.65. The minimum Gasteiger partial charge on any atom is -1.00 e. The first-order valence-corrected chi connectivity index (χ1v) is 10.1. The number of hydrogen-bond acceptors (Lipinski definition) is 0. The van der Waals surface area contributed by atoms with E-state index < -0.39 is 0 Å². The fourth-order valence-corrected chi connectivity index (χ4v) is 6.15. The van der Waals surface area contributed by atoms with Gasteiger partial charge in [0.05, 0.1) is 0 Å². The first kappa shape index (κ1) is 19.3. The van der Waals surface area contributed by atoms with Crippen LogP contribution in [0.5, 0.6) is 0 Å². The Balaban J connectivity index is 0.000000980. The van der Waals surface area contributed by atoms with Gasteiger partial charge in [-0.2, -0.15) is 0 Å². The van der Waals surface area contributed by atoms with Crippen molar-refractivity contribution in [2.24, 2.45) is 0 Å². The van der Waals surface area contributed by atoms with Crippen molar-refractivity contribution >= 4 is 22.5 Å². The molecule has 0 N–H and O–H groups in total. The normalized spacial score (nSPS) is 17.0. The molecule has 2 aromatic carbocycles. The number of halogens is 2. The number of hydrogen-bond donors (Lipinski definition) is 0. The van der Waals surface area contributed by atoms with Crippen LogP contribution in [-0.2, 0) is 19.2 Å². The van der Waals surface area contributed by atoms with Crippen LogP contribution in [-0.4, -0.2) is 4.57 Å². The zero-order valence-electron chi connectivity index (χ0n) is 14.1. The van der Waals surface area contributed by atoms with Crippen molar-refractivity contribution in [2.75, 3.05) is 0 Å². The third-order valence-electron chi connectivity index (χ3n) is 4.86. The van der Waals surface area contributed by atoms with Gasteiger partial charge in [0.1, 0.15) is 0 Å². The molecule has 3 aromatic rings. The van der Waals surface area contributed by atoms with Gasteiger partial charge in [-0.3, -0.25) is 0 Å². The van der Waals surface area contributed by atoms with Gasteiger partial charge in [-0.05, 0) is 0 Å². The molecule has 26 heavy (non-hydrogen) atoms. The Morgan fingerprint density at radius 1 is 0.885 bits per heavy atom. The molecule has 4 heteroatoms. The summed E-state index contributed by atoms with van der Waals surface area (Å²) in [5.74, 6) is 0. The molecule has 5 rings (SSSR count). The van der Waals surface area contributed by atoms with Crippen molar-refractivity contribution < 1.29 is 44.0 Å². The second kappa shape index (κ2) is 8.02. The third kappa shape index (κ3) is 3.37. The number of allylic oxidation sites excluding steroid dienone is 5. The quantitative estimate of drug-likeness (QED) is 0.516. The van der Waals surface area contributed by atoms with Crippen LogP contribution < -0.4 is 24.8 Å². The van der Waals surface area contributed by atoms with Gasteiger partial charge in [-0.1, -0.05) is 0 Å². The molecule has 0 saturated heterocycles. The molecule has 2 aliphatic carbocycles. The molecule has 0 aliphatic heterocycles. The van der Waals surface area contributed by atoms with Gasteiger partial charge in [-0.15, -0.1) is 0 Å². The molecule has 0 saturated carbocycles. The Morgan fingerprint density at radius 3 is 2.27 bits per heavy atom. The van der Waals surface area contributed by atoms with E-state index in [-0.39, 0.29) is 44.0 Å². The maximum absolute atomic E-state index is 2.39. The summed E-state index contributed by atoms with van der Waals surface area (Å²) in [4.78, 5) is 0. The van der Waals surface area contributed by atoms with Crippen LogP contribution in [0.15, 0.2) is 83.0 Å². The van der Waals surface area contributed by atoms with Gasteiger partial charge in [0, 0.05) is 0 Å². The fraction of sp³-hybridized carbons (Fsp3) is 0.0909. The van der Waals surface area contributed by atoms with Gasteiger partial charge in [0.2, 0.25) is 0 Å². The SMILES string of the molecule is C1=CC[C]([Ti+2][CH]2C(n3cc4ccccc4c3)=Cc3ccccc32)=C1.[Cl-].[Cl-]. The van der Waals surface area contributed by atoms with Crippen LogP contribution in [0, 0.1) is 0 Å². The van der Waals surface area contributed by atoms with Crippen molar-refractivity contribution in [3.63, 3.8) is 0 Å². The molecule has 1 unspecified atom stereocenters. The predicted molar refractivity (Wildman–Crippen MR) is 97.1 cm³/mol. The average molecular weight is 414 g/mol. The van der Waals surface area contributed by atoms with Crippen molar-refractivity contribution in [3.05, 3.63) is 94.2 Å². The van der Waals surface area contributed by atoms with Gasteiger partial charge in [0.15, 0.2) is 0 Å². The van der Waals surface area contributed by atoms with E-state index in [1.165, 1.54) is 27.6 Å². The Labute approximate surface area is 175 Å². The summed E-state index contributed by atoms with van der Waals surface area (Å²) in [6, 6.07) is 17.5. The summed E-state index contributed by atoms with van der Waals surface area (Å²) in [7, 11) is 0. The molecule has 1 atom stereocenters. The second-order valence-corrected chi connectivity index (χ2v) is 8.75. The van der Waals surface area contributed by atoms with Crippen molar-refractivity contribution in [1.82, 2.24) is 4.57 Å².